The number of hydrogen-bond donors (Lipinski definition) is 2. The van der Waals surface area contributed by atoms with Gasteiger partial charge >= 0.3 is 5.97 Å². The number of halogens is 1. The largest absolute Gasteiger partial charge is 0.491 e. The third-order valence-electron chi connectivity index (χ3n) is 7.65. The van der Waals surface area contributed by atoms with Crippen LogP contribution in [0.15, 0.2) is 47.1 Å². The molecule has 0 amide bonds. The van der Waals surface area contributed by atoms with Crippen molar-refractivity contribution in [1.29, 1.82) is 0 Å². The maximum absolute atomic E-state index is 10.8. The van der Waals surface area contributed by atoms with E-state index in [4.69, 9.17) is 20.0 Å². The lowest BCUT2D eigenvalue weighted by molar-refractivity contribution is -0.137. The molecule has 224 valence electrons. The highest BCUT2D eigenvalue weighted by Gasteiger charge is 2.27. The molecule has 1 aromatic carbocycles. The molecule has 1 atom stereocenters. The summed E-state index contributed by atoms with van der Waals surface area (Å²) in [7, 11) is 0. The Morgan fingerprint density at radius 1 is 1.05 bits per heavy atom. The number of anilines is 3. The summed E-state index contributed by atoms with van der Waals surface area (Å²) < 4.78 is 12.8. The highest BCUT2D eigenvalue weighted by molar-refractivity contribution is 5.85. The van der Waals surface area contributed by atoms with Crippen molar-refractivity contribution >= 4 is 41.7 Å². The average Bonchev–Trinajstić information content (AvgIpc) is 3.67. The third kappa shape index (κ3) is 6.68. The van der Waals surface area contributed by atoms with Crippen LogP contribution < -0.4 is 20.3 Å². The number of ether oxygens (including phenoxy) is 1. The number of carbonyl (C=O) groups is 1. The molecule has 0 unspecified atom stereocenters. The molecule has 3 aromatic heterocycles. The van der Waals surface area contributed by atoms with E-state index < -0.39 is 5.97 Å². The van der Waals surface area contributed by atoms with Gasteiger partial charge in [0.2, 0.25) is 17.7 Å². The van der Waals surface area contributed by atoms with Crippen molar-refractivity contribution < 1.29 is 19.1 Å². The second kappa shape index (κ2) is 13.3. The van der Waals surface area contributed by atoms with Crippen LogP contribution in [-0.4, -0.2) is 93.0 Å². The molecule has 2 aliphatic heterocycles. The fraction of sp³-hybridized carbons (Fsp3) is 0.464. The summed E-state index contributed by atoms with van der Waals surface area (Å²) in [5.41, 5.74) is 7.31. The number of piperazine rings is 1. The Kier molecular flexibility index (Phi) is 9.28. The van der Waals surface area contributed by atoms with Crippen LogP contribution >= 0.6 is 12.4 Å². The first-order valence-electron chi connectivity index (χ1n) is 14.1. The predicted molar refractivity (Wildman–Crippen MR) is 160 cm³/mol. The van der Waals surface area contributed by atoms with E-state index in [-0.39, 0.29) is 24.8 Å². The van der Waals surface area contributed by atoms with Gasteiger partial charge < -0.3 is 29.8 Å². The second-order valence-corrected chi connectivity index (χ2v) is 10.6. The molecule has 42 heavy (non-hydrogen) atoms. The molecule has 4 aromatic rings. The van der Waals surface area contributed by atoms with E-state index in [1.165, 1.54) is 4.52 Å². The first-order chi connectivity index (χ1) is 20.0. The summed E-state index contributed by atoms with van der Waals surface area (Å²) >= 11 is 0. The zero-order valence-corrected chi connectivity index (χ0v) is 24.2. The molecule has 0 radical (unpaired) electrons. The van der Waals surface area contributed by atoms with Crippen LogP contribution in [0, 0.1) is 5.92 Å². The van der Waals surface area contributed by atoms with Crippen molar-refractivity contribution in [2.45, 2.75) is 25.7 Å². The van der Waals surface area contributed by atoms with Crippen LogP contribution in [0.5, 0.6) is 5.75 Å². The molecule has 2 aliphatic rings. The molecule has 0 spiro atoms. The Balaban J connectivity index is 0.00000353. The van der Waals surface area contributed by atoms with E-state index in [9.17, 15) is 4.79 Å². The zero-order valence-electron chi connectivity index (χ0n) is 23.3. The molecule has 6 rings (SSSR count). The van der Waals surface area contributed by atoms with Gasteiger partial charge in [-0.15, -0.1) is 17.5 Å². The molecule has 0 bridgehead atoms. The fourth-order valence-electron chi connectivity index (χ4n) is 5.62. The predicted octanol–water partition coefficient (Wildman–Crippen LogP) is 3.07. The van der Waals surface area contributed by atoms with Crippen LogP contribution in [0.25, 0.3) is 17.4 Å². The summed E-state index contributed by atoms with van der Waals surface area (Å²) in [6, 6.07) is 11.6. The van der Waals surface area contributed by atoms with Crippen LogP contribution in [0.2, 0.25) is 0 Å². The van der Waals surface area contributed by atoms with Crippen molar-refractivity contribution in [1.82, 2.24) is 29.5 Å². The lowest BCUT2D eigenvalue weighted by atomic mass is 9.97. The minimum atomic E-state index is -0.799. The zero-order chi connectivity index (χ0) is 28.2. The number of nitrogens with two attached hydrogens (primary N) is 1. The van der Waals surface area contributed by atoms with Gasteiger partial charge in [-0.1, -0.05) is 12.1 Å². The van der Waals surface area contributed by atoms with Gasteiger partial charge in [-0.05, 0) is 49.4 Å². The molecule has 3 N–H and O–H groups in total. The normalized spacial score (nSPS) is 17.8. The van der Waals surface area contributed by atoms with Crippen LogP contribution in [0.3, 0.4) is 0 Å². The standard InChI is InChI=1S/C28H35N9O4.ClH/c29-26-31-27(32-28-30-25(33-37(26)28)23-9-4-16-41-23)36-11-3-6-20(19-36)18-34-12-14-35(15-13-34)21-7-1-2-8-22(21)40-17-5-10-24(38)39;/h1-2,4,7-9,16,20H,3,5-6,10-15,17-19H2,(H,38,39)(H2,29,30,31,32,33);1H/t20-;/m0./s1. The Morgan fingerprint density at radius 2 is 1.88 bits per heavy atom. The highest BCUT2D eigenvalue weighted by atomic mass is 35.5. The minimum Gasteiger partial charge on any atom is -0.491 e. The van der Waals surface area contributed by atoms with E-state index in [2.05, 4.69) is 40.8 Å². The summed E-state index contributed by atoms with van der Waals surface area (Å²) in [6.45, 7) is 6.91. The van der Waals surface area contributed by atoms with Gasteiger partial charge in [0, 0.05) is 52.2 Å². The SMILES string of the molecule is Cl.Nc1nc(N2CCC[C@@H](CN3CCN(c4ccccc4OCCCC(=O)O)CC3)C2)nc2nc(-c3ccco3)nn12. The van der Waals surface area contributed by atoms with Gasteiger partial charge in [-0.2, -0.15) is 19.5 Å². The topological polar surface area (TPSA) is 151 Å². The molecular formula is C28H36ClN9O4. The molecule has 5 heterocycles. The number of piperidine rings is 1. The highest BCUT2D eigenvalue weighted by Crippen LogP contribution is 2.30. The van der Waals surface area contributed by atoms with Crippen LogP contribution in [0.1, 0.15) is 25.7 Å². The lowest BCUT2D eigenvalue weighted by Crippen LogP contribution is -2.50. The van der Waals surface area contributed by atoms with E-state index in [0.717, 1.165) is 70.1 Å². The number of carboxylic acids is 1. The van der Waals surface area contributed by atoms with Crippen molar-refractivity contribution in [3.8, 4) is 17.3 Å². The molecule has 0 saturated carbocycles. The van der Waals surface area contributed by atoms with Gasteiger partial charge in [0.1, 0.15) is 5.75 Å². The number of carboxylic acid groups (broad SMARTS) is 1. The fourth-order valence-corrected chi connectivity index (χ4v) is 5.62. The number of aliphatic carboxylic acids is 1. The number of rotatable bonds is 10. The van der Waals surface area contributed by atoms with Gasteiger partial charge in [-0.3, -0.25) is 9.69 Å². The molecule has 14 heteroatoms. The average molecular weight is 598 g/mol. The summed E-state index contributed by atoms with van der Waals surface area (Å²) in [5.74, 6) is 2.74. The summed E-state index contributed by atoms with van der Waals surface area (Å²) in [4.78, 5) is 31.6. The number of benzene rings is 1. The molecule has 13 nitrogen and oxygen atoms in total. The van der Waals surface area contributed by atoms with E-state index in [0.29, 0.717) is 42.3 Å². The first kappa shape index (κ1) is 29.4. The van der Waals surface area contributed by atoms with Crippen LogP contribution in [0.4, 0.5) is 17.6 Å². The number of para-hydroxylation sites is 2. The van der Waals surface area contributed by atoms with Crippen LogP contribution in [-0.2, 0) is 4.79 Å². The third-order valence-corrected chi connectivity index (χ3v) is 7.65. The van der Waals surface area contributed by atoms with Crippen molar-refractivity contribution in [3.05, 3.63) is 42.7 Å². The first-order valence-corrected chi connectivity index (χ1v) is 14.1. The van der Waals surface area contributed by atoms with E-state index in [1.807, 2.05) is 18.2 Å². The number of furan rings is 1. The maximum atomic E-state index is 10.8. The summed E-state index contributed by atoms with van der Waals surface area (Å²) in [5, 5.41) is 13.3. The minimum absolute atomic E-state index is 0. The smallest absolute Gasteiger partial charge is 0.303 e. The Labute approximate surface area is 249 Å². The number of nitrogens with zero attached hydrogens (tertiary/aromatic N) is 8. The van der Waals surface area contributed by atoms with Crippen molar-refractivity contribution in [3.63, 3.8) is 0 Å². The quantitative estimate of drug-likeness (QED) is 0.258. The number of fused-ring (bicyclic) bond motifs is 1. The Bertz CT molecular complexity index is 1470. The van der Waals surface area contributed by atoms with E-state index >= 15 is 0 Å². The molecule has 0 aliphatic carbocycles. The van der Waals surface area contributed by atoms with E-state index in [1.54, 1.807) is 18.4 Å². The van der Waals surface area contributed by atoms with Gasteiger partial charge in [-0.25, -0.2) is 0 Å². The number of hydrogen-bond acceptors (Lipinski definition) is 11. The number of nitrogen functional groups attached to an aromatic ring is 1. The van der Waals surface area contributed by atoms with Gasteiger partial charge in [0.15, 0.2) is 5.76 Å². The molecule has 2 saturated heterocycles. The lowest BCUT2D eigenvalue weighted by Gasteiger charge is -2.40. The Morgan fingerprint density at radius 3 is 2.67 bits per heavy atom. The van der Waals surface area contributed by atoms with Gasteiger partial charge in [0.25, 0.3) is 5.78 Å². The van der Waals surface area contributed by atoms with Crippen molar-refractivity contribution in [2.24, 2.45) is 5.92 Å². The maximum Gasteiger partial charge on any atom is 0.303 e. The molecular weight excluding hydrogens is 562 g/mol. The second-order valence-electron chi connectivity index (χ2n) is 10.6. The molecule has 2 fully saturated rings. The van der Waals surface area contributed by atoms with Gasteiger partial charge in [0.05, 0.1) is 18.6 Å². The van der Waals surface area contributed by atoms with Crippen molar-refractivity contribution in [2.75, 3.05) is 68.0 Å². The monoisotopic (exact) mass is 597 g/mol. The Hall–Kier alpha value is -4.10. The summed E-state index contributed by atoms with van der Waals surface area (Å²) in [6.07, 6.45) is 4.41. The number of aromatic nitrogens is 5.